The van der Waals surface area contributed by atoms with Crippen LogP contribution in [-0.4, -0.2) is 25.1 Å². The van der Waals surface area contributed by atoms with Gasteiger partial charge in [-0.05, 0) is 37.6 Å². The molecule has 0 spiro atoms. The van der Waals surface area contributed by atoms with Crippen LogP contribution in [0.2, 0.25) is 0 Å². The third-order valence-electron chi connectivity index (χ3n) is 3.21. The largest absolute Gasteiger partial charge is 0.466 e. The van der Waals surface area contributed by atoms with Gasteiger partial charge in [0.2, 0.25) is 0 Å². The van der Waals surface area contributed by atoms with Crippen molar-refractivity contribution in [3.05, 3.63) is 54.6 Å². The first kappa shape index (κ1) is 21.8. The molecular formula is C19H24IN3O3. The van der Waals surface area contributed by atoms with E-state index >= 15 is 0 Å². The molecule has 0 saturated heterocycles. The molecule has 2 aromatic rings. The van der Waals surface area contributed by atoms with Crippen LogP contribution >= 0.6 is 24.0 Å². The van der Waals surface area contributed by atoms with Crippen LogP contribution in [-0.2, 0) is 9.53 Å². The molecule has 0 aromatic heterocycles. The number of nitrogens with one attached hydrogen (secondary N) is 1. The van der Waals surface area contributed by atoms with Crippen molar-refractivity contribution in [1.82, 2.24) is 0 Å². The van der Waals surface area contributed by atoms with Gasteiger partial charge in [0.1, 0.15) is 11.5 Å². The van der Waals surface area contributed by atoms with Gasteiger partial charge >= 0.3 is 5.97 Å². The Hall–Kier alpha value is -2.29. The molecule has 0 unspecified atom stereocenters. The van der Waals surface area contributed by atoms with E-state index in [0.717, 1.165) is 11.4 Å². The van der Waals surface area contributed by atoms with E-state index < -0.39 is 0 Å². The summed E-state index contributed by atoms with van der Waals surface area (Å²) in [5.74, 6) is 1.54. The van der Waals surface area contributed by atoms with E-state index in [1.54, 1.807) is 6.92 Å². The zero-order valence-electron chi connectivity index (χ0n) is 14.7. The topological polar surface area (TPSA) is 85.9 Å². The van der Waals surface area contributed by atoms with E-state index in [0.29, 0.717) is 37.7 Å². The molecule has 0 aliphatic heterocycles. The Morgan fingerprint density at radius 2 is 1.85 bits per heavy atom. The number of nitrogens with two attached hydrogens (primary N) is 1. The third-order valence-corrected chi connectivity index (χ3v) is 3.21. The van der Waals surface area contributed by atoms with E-state index in [-0.39, 0.29) is 29.9 Å². The molecule has 0 aliphatic rings. The number of anilines is 1. The number of halogens is 1. The summed E-state index contributed by atoms with van der Waals surface area (Å²) >= 11 is 0. The molecule has 140 valence electrons. The number of hydrogen-bond donors (Lipinski definition) is 2. The van der Waals surface area contributed by atoms with Gasteiger partial charge in [-0.25, -0.2) is 0 Å². The highest BCUT2D eigenvalue weighted by Gasteiger charge is 2.02. The molecule has 2 rings (SSSR count). The monoisotopic (exact) mass is 469 g/mol. The summed E-state index contributed by atoms with van der Waals surface area (Å²) in [6.07, 6.45) is 0.934. The molecule has 0 saturated carbocycles. The van der Waals surface area contributed by atoms with E-state index in [2.05, 4.69) is 10.3 Å². The standard InChI is InChI=1S/C19H23N3O3.HI/c1-2-24-18(23)12-7-13-21-19(20)22-15-8-6-11-17(14-15)25-16-9-4-3-5-10-16;/h3-6,8-11,14H,2,7,12-13H2,1H3,(H3,20,21,22);1H. The third kappa shape index (κ3) is 8.19. The fraction of sp³-hybridized carbons (Fsp3) is 0.263. The van der Waals surface area contributed by atoms with Gasteiger partial charge < -0.3 is 20.5 Å². The SMILES string of the molecule is CCOC(=O)CCCN=C(N)Nc1cccc(Oc2ccccc2)c1.I. The van der Waals surface area contributed by atoms with E-state index in [1.807, 2.05) is 54.6 Å². The maximum Gasteiger partial charge on any atom is 0.305 e. The average Bonchev–Trinajstić information content (AvgIpc) is 2.60. The molecular weight excluding hydrogens is 445 g/mol. The Labute approximate surface area is 170 Å². The molecule has 0 atom stereocenters. The lowest BCUT2D eigenvalue weighted by Gasteiger charge is -2.09. The Kier molecular flexibility index (Phi) is 10.1. The van der Waals surface area contributed by atoms with Crippen LogP contribution in [0.5, 0.6) is 11.5 Å². The minimum absolute atomic E-state index is 0. The molecule has 0 radical (unpaired) electrons. The summed E-state index contributed by atoms with van der Waals surface area (Å²) in [4.78, 5) is 15.4. The quantitative estimate of drug-likeness (QED) is 0.199. The number of carbonyl (C=O) groups excluding carboxylic acids is 1. The van der Waals surface area contributed by atoms with Crippen molar-refractivity contribution in [2.24, 2.45) is 10.7 Å². The van der Waals surface area contributed by atoms with Crippen molar-refractivity contribution in [2.45, 2.75) is 19.8 Å². The summed E-state index contributed by atoms with van der Waals surface area (Å²) in [6, 6.07) is 17.0. The lowest BCUT2D eigenvalue weighted by atomic mass is 10.3. The number of esters is 1. The zero-order chi connectivity index (χ0) is 17.9. The first-order valence-corrected chi connectivity index (χ1v) is 8.23. The Morgan fingerprint density at radius 1 is 1.12 bits per heavy atom. The van der Waals surface area contributed by atoms with Gasteiger partial charge in [0.15, 0.2) is 5.96 Å². The smallest absolute Gasteiger partial charge is 0.305 e. The number of rotatable bonds is 8. The van der Waals surface area contributed by atoms with Crippen molar-refractivity contribution in [2.75, 3.05) is 18.5 Å². The van der Waals surface area contributed by atoms with Gasteiger partial charge in [-0.1, -0.05) is 24.3 Å². The minimum Gasteiger partial charge on any atom is -0.466 e. The molecule has 0 heterocycles. The lowest BCUT2D eigenvalue weighted by molar-refractivity contribution is -0.143. The Bertz CT molecular complexity index is 708. The Balaban J connectivity index is 0.00000338. The van der Waals surface area contributed by atoms with Gasteiger partial charge in [-0.2, -0.15) is 0 Å². The molecule has 6 nitrogen and oxygen atoms in total. The van der Waals surface area contributed by atoms with Gasteiger partial charge in [0.05, 0.1) is 6.61 Å². The van der Waals surface area contributed by atoms with Crippen LogP contribution < -0.4 is 15.8 Å². The van der Waals surface area contributed by atoms with Crippen LogP contribution in [0.25, 0.3) is 0 Å². The summed E-state index contributed by atoms with van der Waals surface area (Å²) in [5, 5.41) is 3.01. The molecule has 3 N–H and O–H groups in total. The number of benzene rings is 2. The van der Waals surface area contributed by atoms with Crippen LogP contribution in [0.15, 0.2) is 59.6 Å². The summed E-state index contributed by atoms with van der Waals surface area (Å²) in [6.45, 7) is 2.64. The van der Waals surface area contributed by atoms with Crippen molar-refractivity contribution in [1.29, 1.82) is 0 Å². The molecule has 0 fully saturated rings. The normalized spacial score (nSPS) is 10.6. The predicted molar refractivity (Wildman–Crippen MR) is 114 cm³/mol. The van der Waals surface area contributed by atoms with Gasteiger partial charge in [0.25, 0.3) is 0 Å². The first-order valence-electron chi connectivity index (χ1n) is 8.23. The summed E-state index contributed by atoms with van der Waals surface area (Å²) in [7, 11) is 0. The molecule has 0 bridgehead atoms. The molecule has 0 aliphatic carbocycles. The first-order chi connectivity index (χ1) is 12.2. The van der Waals surface area contributed by atoms with Crippen molar-refractivity contribution in [3.8, 4) is 11.5 Å². The highest BCUT2D eigenvalue weighted by atomic mass is 127. The van der Waals surface area contributed by atoms with Crippen molar-refractivity contribution >= 4 is 41.6 Å². The molecule has 7 heteroatoms. The molecule has 26 heavy (non-hydrogen) atoms. The van der Waals surface area contributed by atoms with Crippen LogP contribution in [0.3, 0.4) is 0 Å². The zero-order valence-corrected chi connectivity index (χ0v) is 17.0. The highest BCUT2D eigenvalue weighted by molar-refractivity contribution is 14.0. The fourth-order valence-corrected chi connectivity index (χ4v) is 2.11. The molecule has 2 aromatic carbocycles. The highest BCUT2D eigenvalue weighted by Crippen LogP contribution is 2.23. The fourth-order valence-electron chi connectivity index (χ4n) is 2.11. The van der Waals surface area contributed by atoms with Gasteiger partial charge in [-0.3, -0.25) is 9.79 Å². The number of aliphatic imine (C=N–C) groups is 1. The number of carbonyl (C=O) groups is 1. The van der Waals surface area contributed by atoms with Crippen LogP contribution in [0, 0.1) is 0 Å². The van der Waals surface area contributed by atoms with E-state index in [9.17, 15) is 4.79 Å². The Morgan fingerprint density at radius 3 is 2.58 bits per heavy atom. The maximum atomic E-state index is 11.2. The van der Waals surface area contributed by atoms with Gasteiger partial charge in [-0.15, -0.1) is 24.0 Å². The van der Waals surface area contributed by atoms with Crippen LogP contribution in [0.1, 0.15) is 19.8 Å². The second-order valence-corrected chi connectivity index (χ2v) is 5.24. The minimum atomic E-state index is -0.213. The van der Waals surface area contributed by atoms with Crippen molar-refractivity contribution < 1.29 is 14.3 Å². The number of para-hydroxylation sites is 1. The van der Waals surface area contributed by atoms with E-state index in [1.165, 1.54) is 0 Å². The number of nitrogens with zero attached hydrogens (tertiary/aromatic N) is 1. The summed E-state index contributed by atoms with van der Waals surface area (Å²) < 4.78 is 10.6. The summed E-state index contributed by atoms with van der Waals surface area (Å²) in [5.41, 5.74) is 6.64. The maximum absolute atomic E-state index is 11.2. The lowest BCUT2D eigenvalue weighted by Crippen LogP contribution is -2.22. The second kappa shape index (κ2) is 12.1. The van der Waals surface area contributed by atoms with E-state index in [4.69, 9.17) is 15.2 Å². The number of ether oxygens (including phenoxy) is 2. The van der Waals surface area contributed by atoms with Crippen molar-refractivity contribution in [3.63, 3.8) is 0 Å². The van der Waals surface area contributed by atoms with Crippen LogP contribution in [0.4, 0.5) is 5.69 Å². The number of guanidine groups is 1. The number of hydrogen-bond acceptors (Lipinski definition) is 4. The second-order valence-electron chi connectivity index (χ2n) is 5.24. The van der Waals surface area contributed by atoms with Gasteiger partial charge in [0, 0.05) is 24.7 Å². The average molecular weight is 469 g/mol. The molecule has 0 amide bonds. The predicted octanol–water partition coefficient (Wildman–Crippen LogP) is 4.17.